The molecule has 0 aliphatic carbocycles. The van der Waals surface area contributed by atoms with Gasteiger partial charge in [0, 0.05) is 16.6 Å². The van der Waals surface area contributed by atoms with Crippen molar-refractivity contribution in [3.63, 3.8) is 0 Å². The molecule has 0 aliphatic rings. The van der Waals surface area contributed by atoms with Gasteiger partial charge in [0.2, 0.25) is 0 Å². The minimum Gasteiger partial charge on any atom is -0.309 e. The van der Waals surface area contributed by atoms with Crippen molar-refractivity contribution in [3.05, 3.63) is 90.0 Å². The van der Waals surface area contributed by atoms with Crippen molar-refractivity contribution in [1.29, 1.82) is 0 Å². The lowest BCUT2D eigenvalue weighted by molar-refractivity contribution is 0.587. The van der Waals surface area contributed by atoms with Crippen molar-refractivity contribution in [3.8, 4) is 16.9 Å². The predicted octanol–water partition coefficient (Wildman–Crippen LogP) is 7.72. The maximum Gasteiger partial charge on any atom is 0.0543 e. The molecule has 0 unspecified atom stereocenters. The summed E-state index contributed by atoms with van der Waals surface area (Å²) in [5.41, 5.74) is 7.92. The lowest BCUT2D eigenvalue weighted by Crippen LogP contribution is -2.15. The quantitative estimate of drug-likeness (QED) is 0.349. The van der Waals surface area contributed by atoms with Crippen LogP contribution >= 0.6 is 0 Å². The van der Waals surface area contributed by atoms with Gasteiger partial charge in [-0.25, -0.2) is 0 Å². The normalized spacial score (nSPS) is 12.1. The Hall–Kier alpha value is -2.80. The number of para-hydroxylation sites is 2. The van der Waals surface area contributed by atoms with Crippen molar-refractivity contribution in [2.24, 2.45) is 0 Å². The van der Waals surface area contributed by atoms with E-state index >= 15 is 0 Å². The molecule has 0 N–H and O–H groups in total. The van der Waals surface area contributed by atoms with Gasteiger partial charge in [0.25, 0.3) is 0 Å². The fourth-order valence-electron chi connectivity index (χ4n) is 4.15. The number of fused-ring (bicyclic) bond motifs is 1. The molecular weight excluding hydrogens is 338 g/mol. The molecule has 0 saturated heterocycles. The fraction of sp³-hybridized carbons (Fsp3) is 0.259. The van der Waals surface area contributed by atoms with Crippen LogP contribution in [-0.4, -0.2) is 4.57 Å². The summed E-state index contributed by atoms with van der Waals surface area (Å²) in [6.45, 7) is 11.4. The molecule has 3 aromatic carbocycles. The number of hydrogen-bond donors (Lipinski definition) is 0. The second-order valence-electron chi connectivity index (χ2n) is 8.93. The number of hydrogen-bond acceptors (Lipinski definition) is 0. The molecule has 142 valence electrons. The van der Waals surface area contributed by atoms with E-state index in [9.17, 15) is 0 Å². The first-order valence-electron chi connectivity index (χ1n) is 10.2. The van der Waals surface area contributed by atoms with Crippen LogP contribution in [0, 0.1) is 0 Å². The summed E-state index contributed by atoms with van der Waals surface area (Å²) in [5, 5.41) is 1.28. The lowest BCUT2D eigenvalue weighted by Gasteiger charge is -2.25. The van der Waals surface area contributed by atoms with Crippen molar-refractivity contribution in [2.75, 3.05) is 0 Å². The summed E-state index contributed by atoms with van der Waals surface area (Å²) in [6, 6.07) is 28.7. The zero-order chi connectivity index (χ0) is 19.9. The standard InChI is InChI=1S/C27H29N/c1-19(2)21-13-7-8-14-22(21)26-18-20-12-6-10-16-24(20)28(26)25-17-11-9-15-23(25)27(3,4)5/h6-19H,1-5H3. The van der Waals surface area contributed by atoms with Gasteiger partial charge in [0.15, 0.2) is 0 Å². The van der Waals surface area contributed by atoms with Crippen LogP contribution in [0.4, 0.5) is 0 Å². The second-order valence-corrected chi connectivity index (χ2v) is 8.93. The summed E-state index contributed by atoms with van der Waals surface area (Å²) in [6.07, 6.45) is 0. The highest BCUT2D eigenvalue weighted by atomic mass is 15.0. The topological polar surface area (TPSA) is 4.93 Å². The number of rotatable bonds is 3. The molecular formula is C27H29N. The Bertz CT molecular complexity index is 1120. The van der Waals surface area contributed by atoms with Gasteiger partial charge in [-0.1, -0.05) is 95.3 Å². The summed E-state index contributed by atoms with van der Waals surface area (Å²) in [4.78, 5) is 0. The Morgan fingerprint density at radius 3 is 2.14 bits per heavy atom. The van der Waals surface area contributed by atoms with Gasteiger partial charge in [-0.3, -0.25) is 0 Å². The van der Waals surface area contributed by atoms with E-state index in [1.54, 1.807) is 0 Å². The molecule has 0 saturated carbocycles. The average molecular weight is 368 g/mol. The van der Waals surface area contributed by atoms with Crippen LogP contribution in [0.5, 0.6) is 0 Å². The Balaban J connectivity index is 2.11. The molecule has 0 fully saturated rings. The molecule has 0 radical (unpaired) electrons. The summed E-state index contributed by atoms with van der Waals surface area (Å²) in [5.74, 6) is 0.473. The van der Waals surface area contributed by atoms with E-state index < -0.39 is 0 Å². The molecule has 0 aliphatic heterocycles. The van der Waals surface area contributed by atoms with Crippen molar-refractivity contribution >= 4 is 10.9 Å². The molecule has 4 rings (SSSR count). The maximum atomic E-state index is 2.46. The largest absolute Gasteiger partial charge is 0.309 e. The molecule has 1 heteroatoms. The third-order valence-corrected chi connectivity index (χ3v) is 5.52. The lowest BCUT2D eigenvalue weighted by atomic mass is 9.85. The summed E-state index contributed by atoms with van der Waals surface area (Å²) >= 11 is 0. The molecule has 1 heterocycles. The van der Waals surface area contributed by atoms with E-state index in [2.05, 4.69) is 118 Å². The molecule has 0 spiro atoms. The molecule has 28 heavy (non-hydrogen) atoms. The van der Waals surface area contributed by atoms with Crippen LogP contribution in [0.1, 0.15) is 51.7 Å². The number of aromatic nitrogens is 1. The third kappa shape index (κ3) is 3.16. The monoisotopic (exact) mass is 367 g/mol. The number of nitrogens with zero attached hydrogens (tertiary/aromatic N) is 1. The van der Waals surface area contributed by atoms with Crippen molar-refractivity contribution < 1.29 is 0 Å². The van der Waals surface area contributed by atoms with E-state index in [0.717, 1.165) is 0 Å². The van der Waals surface area contributed by atoms with Crippen LogP contribution < -0.4 is 0 Å². The molecule has 1 nitrogen and oxygen atoms in total. The molecule has 0 atom stereocenters. The summed E-state index contributed by atoms with van der Waals surface area (Å²) in [7, 11) is 0. The van der Waals surface area contributed by atoms with Gasteiger partial charge in [-0.15, -0.1) is 0 Å². The highest BCUT2D eigenvalue weighted by Gasteiger charge is 2.22. The van der Waals surface area contributed by atoms with Gasteiger partial charge in [0.1, 0.15) is 0 Å². The maximum absolute atomic E-state index is 2.46. The first-order chi connectivity index (χ1) is 13.4. The predicted molar refractivity (Wildman–Crippen MR) is 122 cm³/mol. The molecule has 0 bridgehead atoms. The molecule has 0 amide bonds. The minimum atomic E-state index is 0.0663. The summed E-state index contributed by atoms with van der Waals surface area (Å²) < 4.78 is 2.46. The van der Waals surface area contributed by atoms with Gasteiger partial charge >= 0.3 is 0 Å². The van der Waals surface area contributed by atoms with Crippen LogP contribution in [0.2, 0.25) is 0 Å². The van der Waals surface area contributed by atoms with Crippen LogP contribution in [0.25, 0.3) is 27.8 Å². The molecule has 1 aromatic heterocycles. The van der Waals surface area contributed by atoms with Gasteiger partial charge in [0.05, 0.1) is 11.2 Å². The Morgan fingerprint density at radius 1 is 0.750 bits per heavy atom. The fourth-order valence-corrected chi connectivity index (χ4v) is 4.15. The Kier molecular flexibility index (Phi) is 4.63. The Morgan fingerprint density at radius 2 is 1.39 bits per heavy atom. The average Bonchev–Trinajstić information content (AvgIpc) is 3.06. The zero-order valence-corrected chi connectivity index (χ0v) is 17.5. The van der Waals surface area contributed by atoms with Crippen LogP contribution in [-0.2, 0) is 5.41 Å². The van der Waals surface area contributed by atoms with Crippen LogP contribution in [0.15, 0.2) is 78.9 Å². The SMILES string of the molecule is CC(C)c1ccccc1-c1cc2ccccc2n1-c1ccccc1C(C)(C)C. The van der Waals surface area contributed by atoms with E-state index in [-0.39, 0.29) is 5.41 Å². The number of benzene rings is 3. The zero-order valence-electron chi connectivity index (χ0n) is 17.5. The van der Waals surface area contributed by atoms with E-state index in [4.69, 9.17) is 0 Å². The van der Waals surface area contributed by atoms with Gasteiger partial charge in [-0.2, -0.15) is 0 Å². The van der Waals surface area contributed by atoms with Crippen molar-refractivity contribution in [2.45, 2.75) is 46.0 Å². The highest BCUT2D eigenvalue weighted by Crippen LogP contribution is 2.38. The van der Waals surface area contributed by atoms with Gasteiger partial charge < -0.3 is 4.57 Å². The highest BCUT2D eigenvalue weighted by molar-refractivity contribution is 5.90. The first kappa shape index (κ1) is 18.6. The molecule has 4 aromatic rings. The van der Waals surface area contributed by atoms with E-state index in [0.29, 0.717) is 5.92 Å². The second kappa shape index (κ2) is 6.98. The minimum absolute atomic E-state index is 0.0663. The van der Waals surface area contributed by atoms with Crippen molar-refractivity contribution in [1.82, 2.24) is 4.57 Å². The van der Waals surface area contributed by atoms with E-state index in [1.807, 2.05) is 0 Å². The van der Waals surface area contributed by atoms with Crippen LogP contribution in [0.3, 0.4) is 0 Å². The van der Waals surface area contributed by atoms with Gasteiger partial charge in [-0.05, 0) is 40.7 Å². The first-order valence-corrected chi connectivity index (χ1v) is 10.2. The third-order valence-electron chi connectivity index (χ3n) is 5.52. The van der Waals surface area contributed by atoms with E-state index in [1.165, 1.54) is 39.0 Å². The Labute approximate surface area is 168 Å². The smallest absolute Gasteiger partial charge is 0.0543 e.